The van der Waals surface area contributed by atoms with Crippen LogP contribution in [-0.2, 0) is 4.74 Å². The Labute approximate surface area is 168 Å². The smallest absolute Gasteiger partial charge is 0.251 e. The van der Waals surface area contributed by atoms with Gasteiger partial charge < -0.3 is 10.1 Å². The molecule has 7 heteroatoms. The average Bonchev–Trinajstić information content (AvgIpc) is 3.24. The highest BCUT2D eigenvalue weighted by atomic mass is 32.1. The van der Waals surface area contributed by atoms with Gasteiger partial charge in [-0.15, -0.1) is 11.3 Å². The highest BCUT2D eigenvalue weighted by Crippen LogP contribution is 2.25. The highest BCUT2D eigenvalue weighted by Gasteiger charge is 2.24. The van der Waals surface area contributed by atoms with Gasteiger partial charge in [-0.3, -0.25) is 9.69 Å². The van der Waals surface area contributed by atoms with E-state index in [1.807, 2.05) is 32.0 Å². The minimum atomic E-state index is -0.0863. The first kappa shape index (κ1) is 19.0. The van der Waals surface area contributed by atoms with Crippen LogP contribution in [0.3, 0.4) is 0 Å². The maximum atomic E-state index is 12.8. The third-order valence-corrected chi connectivity index (χ3v) is 6.13. The van der Waals surface area contributed by atoms with Crippen LogP contribution in [-0.4, -0.2) is 53.6 Å². The largest absolute Gasteiger partial charge is 0.379 e. The van der Waals surface area contributed by atoms with Crippen molar-refractivity contribution in [3.05, 3.63) is 57.5 Å². The molecule has 0 aliphatic carbocycles. The molecule has 2 aromatic heterocycles. The number of aromatic nitrogens is 2. The molecule has 0 saturated carbocycles. The van der Waals surface area contributed by atoms with Gasteiger partial charge in [0.25, 0.3) is 5.91 Å². The number of carbonyl (C=O) groups is 1. The first-order chi connectivity index (χ1) is 13.6. The van der Waals surface area contributed by atoms with Crippen LogP contribution in [0.1, 0.15) is 32.7 Å². The summed E-state index contributed by atoms with van der Waals surface area (Å²) in [4.78, 5) is 25.5. The molecule has 1 aromatic carbocycles. The maximum Gasteiger partial charge on any atom is 0.251 e. The van der Waals surface area contributed by atoms with E-state index in [1.54, 1.807) is 11.3 Å². The Balaban J connectivity index is 1.50. The van der Waals surface area contributed by atoms with E-state index in [2.05, 4.69) is 37.7 Å². The van der Waals surface area contributed by atoms with Crippen molar-refractivity contribution < 1.29 is 9.53 Å². The van der Waals surface area contributed by atoms with Crippen LogP contribution in [0.5, 0.6) is 0 Å². The van der Waals surface area contributed by atoms with Crippen molar-refractivity contribution in [1.82, 2.24) is 20.2 Å². The third-order valence-electron chi connectivity index (χ3n) is 5.15. The van der Waals surface area contributed by atoms with Crippen molar-refractivity contribution in [3.8, 4) is 0 Å². The molecule has 0 bridgehead atoms. The second kappa shape index (κ2) is 8.34. The van der Waals surface area contributed by atoms with E-state index in [-0.39, 0.29) is 11.9 Å². The van der Waals surface area contributed by atoms with Gasteiger partial charge in [0, 0.05) is 30.1 Å². The fourth-order valence-corrected chi connectivity index (χ4v) is 4.30. The quantitative estimate of drug-likeness (QED) is 0.718. The molecule has 28 heavy (non-hydrogen) atoms. The number of amides is 1. The lowest BCUT2D eigenvalue weighted by Crippen LogP contribution is -2.43. The molecule has 0 radical (unpaired) electrons. The minimum Gasteiger partial charge on any atom is -0.379 e. The van der Waals surface area contributed by atoms with Crippen molar-refractivity contribution in [3.63, 3.8) is 0 Å². The number of nitrogens with one attached hydrogen (secondary N) is 1. The number of benzene rings is 1. The summed E-state index contributed by atoms with van der Waals surface area (Å²) in [5, 5.41) is 5.19. The molecule has 1 aliphatic heterocycles. The Hall–Kier alpha value is -2.35. The third kappa shape index (κ3) is 4.06. The summed E-state index contributed by atoms with van der Waals surface area (Å²) in [5.41, 5.74) is 3.96. The molecule has 1 aliphatic rings. The number of ether oxygens (including phenoxy) is 1. The lowest BCUT2D eigenvalue weighted by Gasteiger charge is -2.34. The minimum absolute atomic E-state index is 0.0863. The number of hydrogen-bond donors (Lipinski definition) is 1. The SMILES string of the molecule is Cc1nc2ccc(C(=O)NCC(c3cccs3)N3CCOCC3)cc2nc1C. The average molecular weight is 397 g/mol. The number of aryl methyl sites for hydroxylation is 2. The molecule has 3 heterocycles. The normalized spacial score (nSPS) is 16.2. The van der Waals surface area contributed by atoms with Crippen LogP contribution < -0.4 is 5.32 Å². The zero-order valence-electron chi connectivity index (χ0n) is 16.1. The van der Waals surface area contributed by atoms with Gasteiger partial charge in [0.1, 0.15) is 0 Å². The van der Waals surface area contributed by atoms with Crippen LogP contribution in [0, 0.1) is 13.8 Å². The lowest BCUT2D eigenvalue weighted by atomic mass is 10.1. The summed E-state index contributed by atoms with van der Waals surface area (Å²) < 4.78 is 5.48. The fourth-order valence-electron chi connectivity index (χ4n) is 3.44. The van der Waals surface area contributed by atoms with E-state index < -0.39 is 0 Å². The summed E-state index contributed by atoms with van der Waals surface area (Å²) in [5.74, 6) is -0.0863. The molecule has 1 atom stereocenters. The molecule has 0 spiro atoms. The van der Waals surface area contributed by atoms with Gasteiger partial charge in [0.2, 0.25) is 0 Å². The molecule has 146 valence electrons. The Morgan fingerprint density at radius 1 is 1.18 bits per heavy atom. The van der Waals surface area contributed by atoms with Crippen LogP contribution in [0.4, 0.5) is 0 Å². The van der Waals surface area contributed by atoms with E-state index in [4.69, 9.17) is 4.74 Å². The summed E-state index contributed by atoms with van der Waals surface area (Å²) in [6.45, 7) is 7.67. The molecule has 1 fully saturated rings. The van der Waals surface area contributed by atoms with Crippen LogP contribution >= 0.6 is 11.3 Å². The zero-order valence-corrected chi connectivity index (χ0v) is 17.0. The van der Waals surface area contributed by atoms with E-state index >= 15 is 0 Å². The number of thiophene rings is 1. The van der Waals surface area contributed by atoms with Gasteiger partial charge in [-0.25, -0.2) is 9.97 Å². The van der Waals surface area contributed by atoms with Crippen LogP contribution in [0.15, 0.2) is 35.7 Å². The zero-order chi connectivity index (χ0) is 19.5. The first-order valence-corrected chi connectivity index (χ1v) is 10.4. The molecule has 1 amide bonds. The standard InChI is InChI=1S/C21H24N4O2S/c1-14-15(2)24-18-12-16(5-6-17(18)23-14)21(26)22-13-19(20-4-3-11-28-20)25-7-9-27-10-8-25/h3-6,11-12,19H,7-10,13H2,1-2H3,(H,22,26). The van der Waals surface area contributed by atoms with Gasteiger partial charge in [0.15, 0.2) is 0 Å². The highest BCUT2D eigenvalue weighted by molar-refractivity contribution is 7.10. The molecular formula is C21H24N4O2S. The van der Waals surface area contributed by atoms with Crippen molar-refractivity contribution >= 4 is 28.3 Å². The second-order valence-electron chi connectivity index (χ2n) is 6.99. The topological polar surface area (TPSA) is 67.4 Å². The van der Waals surface area contributed by atoms with Gasteiger partial charge in [-0.1, -0.05) is 6.07 Å². The number of carbonyl (C=O) groups excluding carboxylic acids is 1. The van der Waals surface area contributed by atoms with Gasteiger partial charge in [0.05, 0.1) is 41.7 Å². The molecule has 3 aromatic rings. The number of morpholine rings is 1. The molecule has 4 rings (SSSR count). The van der Waals surface area contributed by atoms with Gasteiger partial charge >= 0.3 is 0 Å². The Bertz CT molecular complexity index is 968. The Morgan fingerprint density at radius 2 is 1.93 bits per heavy atom. The van der Waals surface area contributed by atoms with Gasteiger partial charge in [-0.05, 0) is 43.5 Å². The van der Waals surface area contributed by atoms with Crippen molar-refractivity contribution in [1.29, 1.82) is 0 Å². The number of fused-ring (bicyclic) bond motifs is 1. The van der Waals surface area contributed by atoms with Gasteiger partial charge in [-0.2, -0.15) is 0 Å². The Morgan fingerprint density at radius 3 is 2.64 bits per heavy atom. The molecule has 1 saturated heterocycles. The van der Waals surface area contributed by atoms with Crippen molar-refractivity contribution in [2.24, 2.45) is 0 Å². The number of hydrogen-bond acceptors (Lipinski definition) is 6. The summed E-state index contributed by atoms with van der Waals surface area (Å²) >= 11 is 1.72. The summed E-state index contributed by atoms with van der Waals surface area (Å²) in [6.07, 6.45) is 0. The second-order valence-corrected chi connectivity index (χ2v) is 7.97. The lowest BCUT2D eigenvalue weighted by molar-refractivity contribution is 0.0169. The van der Waals surface area contributed by atoms with Crippen LogP contribution in [0.2, 0.25) is 0 Å². The predicted octanol–water partition coefficient (Wildman–Crippen LogP) is 3.11. The molecule has 1 unspecified atom stereocenters. The summed E-state index contributed by atoms with van der Waals surface area (Å²) in [7, 11) is 0. The molecular weight excluding hydrogens is 372 g/mol. The number of nitrogens with zero attached hydrogens (tertiary/aromatic N) is 3. The first-order valence-electron chi connectivity index (χ1n) is 9.50. The summed E-state index contributed by atoms with van der Waals surface area (Å²) in [6, 6.07) is 9.85. The monoisotopic (exact) mass is 396 g/mol. The predicted molar refractivity (Wildman–Crippen MR) is 111 cm³/mol. The van der Waals surface area contributed by atoms with Crippen LogP contribution in [0.25, 0.3) is 11.0 Å². The fraction of sp³-hybridized carbons (Fsp3) is 0.381. The van der Waals surface area contributed by atoms with E-state index in [9.17, 15) is 4.79 Å². The van der Waals surface area contributed by atoms with E-state index in [0.717, 1.165) is 48.7 Å². The van der Waals surface area contributed by atoms with Crippen molar-refractivity contribution in [2.45, 2.75) is 19.9 Å². The maximum absolute atomic E-state index is 12.8. The Kier molecular flexibility index (Phi) is 5.66. The number of rotatable bonds is 5. The molecule has 6 nitrogen and oxygen atoms in total. The van der Waals surface area contributed by atoms with Crippen molar-refractivity contribution in [2.75, 3.05) is 32.8 Å². The van der Waals surface area contributed by atoms with E-state index in [1.165, 1.54) is 4.88 Å². The van der Waals surface area contributed by atoms with E-state index in [0.29, 0.717) is 12.1 Å². The molecule has 1 N–H and O–H groups in total.